The fourth-order valence-electron chi connectivity index (χ4n) is 5.83. The molecule has 4 aromatic rings. The number of carbonyl (C=O) groups is 1. The molecule has 7 nitrogen and oxygen atoms in total. The molecule has 1 N–H and O–H groups in total. The molecule has 0 bridgehead atoms. The van der Waals surface area contributed by atoms with Gasteiger partial charge >= 0.3 is 0 Å². The van der Waals surface area contributed by atoms with Gasteiger partial charge in [0, 0.05) is 29.1 Å². The number of H-pyrrole nitrogens is 1. The normalized spacial score (nSPS) is 18.0. The number of hydrogen-bond acceptors (Lipinski definition) is 5. The molecule has 3 aromatic carbocycles. The second kappa shape index (κ2) is 8.52. The maximum absolute atomic E-state index is 13.9. The van der Waals surface area contributed by atoms with Gasteiger partial charge in [-0.25, -0.2) is 0 Å². The van der Waals surface area contributed by atoms with E-state index in [1.807, 2.05) is 42.2 Å². The van der Waals surface area contributed by atoms with E-state index in [0.29, 0.717) is 41.7 Å². The van der Waals surface area contributed by atoms with E-state index in [4.69, 9.17) is 18.9 Å². The third kappa shape index (κ3) is 3.08. The molecule has 3 heterocycles. The number of aromatic amines is 1. The van der Waals surface area contributed by atoms with Gasteiger partial charge in [-0.05, 0) is 47.9 Å². The molecule has 0 unspecified atom stereocenters. The number of nitrogens with one attached hydrogen (secondary N) is 1. The van der Waals surface area contributed by atoms with E-state index in [0.717, 1.165) is 27.7 Å². The number of amides is 1. The monoisotopic (exact) mass is 484 g/mol. The van der Waals surface area contributed by atoms with Crippen LogP contribution in [0.4, 0.5) is 0 Å². The van der Waals surface area contributed by atoms with Crippen LogP contribution in [0.15, 0.2) is 54.6 Å². The molecule has 1 amide bonds. The summed E-state index contributed by atoms with van der Waals surface area (Å²) in [6, 6.07) is 18.0. The SMILES string of the molecule is CCOc1ccc([C@@H]2CN3C(=O)c4c(ccc(OC)c4OC)[C@H]3c3[nH]c4ccccc4c32)cc1OC. The van der Waals surface area contributed by atoms with Crippen molar-refractivity contribution in [3.63, 3.8) is 0 Å². The fraction of sp³-hybridized carbons (Fsp3) is 0.276. The molecule has 6 rings (SSSR count). The standard InChI is InChI=1S/C29H28N2O5/c1-5-36-21-12-10-16(14-23(21)34-3)19-15-31-27(26-24(19)17-8-6-7-9-20(17)30-26)18-11-13-22(33-2)28(35-4)25(18)29(31)32/h6-14,19,27,30H,5,15H2,1-4H3/t19-,27-/m0/s1. The molecular formula is C29H28N2O5. The molecule has 7 heteroatoms. The molecule has 0 saturated carbocycles. The van der Waals surface area contributed by atoms with Gasteiger partial charge < -0.3 is 28.8 Å². The van der Waals surface area contributed by atoms with Gasteiger partial charge in [-0.2, -0.15) is 0 Å². The number of methoxy groups -OCH3 is 3. The smallest absolute Gasteiger partial charge is 0.259 e. The third-order valence-electron chi connectivity index (χ3n) is 7.33. The van der Waals surface area contributed by atoms with Gasteiger partial charge in [0.1, 0.15) is 0 Å². The molecule has 36 heavy (non-hydrogen) atoms. The van der Waals surface area contributed by atoms with Gasteiger partial charge in [0.2, 0.25) is 0 Å². The minimum Gasteiger partial charge on any atom is -0.493 e. The van der Waals surface area contributed by atoms with Gasteiger partial charge in [0.25, 0.3) is 5.91 Å². The Labute approximate surface area is 209 Å². The maximum Gasteiger partial charge on any atom is 0.259 e. The first-order chi connectivity index (χ1) is 17.6. The van der Waals surface area contributed by atoms with Crippen molar-refractivity contribution in [2.45, 2.75) is 18.9 Å². The van der Waals surface area contributed by atoms with Crippen LogP contribution in [0.2, 0.25) is 0 Å². The van der Waals surface area contributed by atoms with E-state index in [1.165, 1.54) is 5.56 Å². The minimum atomic E-state index is -0.226. The summed E-state index contributed by atoms with van der Waals surface area (Å²) < 4.78 is 22.6. The summed E-state index contributed by atoms with van der Waals surface area (Å²) in [5.74, 6) is 2.31. The predicted octanol–water partition coefficient (Wildman–Crippen LogP) is 5.28. The number of fused-ring (bicyclic) bond motifs is 7. The van der Waals surface area contributed by atoms with Gasteiger partial charge in [-0.3, -0.25) is 4.79 Å². The summed E-state index contributed by atoms with van der Waals surface area (Å²) >= 11 is 0. The van der Waals surface area contributed by atoms with Crippen LogP contribution in [0.25, 0.3) is 10.9 Å². The third-order valence-corrected chi connectivity index (χ3v) is 7.33. The lowest BCUT2D eigenvalue weighted by Gasteiger charge is -2.36. The van der Waals surface area contributed by atoms with Crippen LogP contribution in [-0.2, 0) is 0 Å². The number of ether oxygens (including phenoxy) is 4. The number of nitrogens with zero attached hydrogens (tertiary/aromatic N) is 1. The Bertz CT molecular complexity index is 1490. The van der Waals surface area contributed by atoms with Crippen LogP contribution < -0.4 is 18.9 Å². The van der Waals surface area contributed by atoms with Crippen molar-refractivity contribution in [1.82, 2.24) is 9.88 Å². The number of rotatable bonds is 6. The molecule has 2 aliphatic rings. The van der Waals surface area contributed by atoms with Crippen LogP contribution in [0, 0.1) is 0 Å². The second-order valence-corrected chi connectivity index (χ2v) is 9.02. The van der Waals surface area contributed by atoms with Crippen molar-refractivity contribution in [2.24, 2.45) is 0 Å². The molecule has 0 saturated heterocycles. The van der Waals surface area contributed by atoms with Gasteiger partial charge in [-0.15, -0.1) is 0 Å². The molecule has 184 valence electrons. The lowest BCUT2D eigenvalue weighted by molar-refractivity contribution is 0.0725. The lowest BCUT2D eigenvalue weighted by atomic mass is 9.83. The summed E-state index contributed by atoms with van der Waals surface area (Å²) in [4.78, 5) is 19.5. The van der Waals surface area contributed by atoms with Crippen LogP contribution in [0.3, 0.4) is 0 Å². The van der Waals surface area contributed by atoms with Crippen molar-refractivity contribution < 1.29 is 23.7 Å². The minimum absolute atomic E-state index is 0.0527. The second-order valence-electron chi connectivity index (χ2n) is 9.02. The van der Waals surface area contributed by atoms with E-state index >= 15 is 0 Å². The van der Waals surface area contributed by atoms with Crippen molar-refractivity contribution in [3.8, 4) is 23.0 Å². The molecule has 0 aliphatic carbocycles. The van der Waals surface area contributed by atoms with Crippen molar-refractivity contribution in [2.75, 3.05) is 34.5 Å². The van der Waals surface area contributed by atoms with E-state index in [2.05, 4.69) is 29.2 Å². The fourth-order valence-corrected chi connectivity index (χ4v) is 5.83. The largest absolute Gasteiger partial charge is 0.493 e. The van der Waals surface area contributed by atoms with Crippen LogP contribution in [0.5, 0.6) is 23.0 Å². The number of carbonyl (C=O) groups excluding carboxylic acids is 1. The molecule has 2 atom stereocenters. The van der Waals surface area contributed by atoms with Crippen LogP contribution in [0.1, 0.15) is 51.6 Å². The zero-order valence-electron chi connectivity index (χ0n) is 20.8. The van der Waals surface area contributed by atoms with Gasteiger partial charge in [0.15, 0.2) is 23.0 Å². The highest BCUT2D eigenvalue weighted by Crippen LogP contribution is 2.52. The van der Waals surface area contributed by atoms with Gasteiger partial charge in [-0.1, -0.05) is 30.3 Å². The Morgan fingerprint density at radius 1 is 0.944 bits per heavy atom. The Morgan fingerprint density at radius 2 is 1.72 bits per heavy atom. The van der Waals surface area contributed by atoms with Crippen LogP contribution >= 0.6 is 0 Å². The number of hydrogen-bond donors (Lipinski definition) is 1. The Morgan fingerprint density at radius 3 is 2.47 bits per heavy atom. The lowest BCUT2D eigenvalue weighted by Crippen LogP contribution is -2.37. The van der Waals surface area contributed by atoms with E-state index in [1.54, 1.807) is 21.3 Å². The Balaban J connectivity index is 1.57. The highest BCUT2D eigenvalue weighted by Gasteiger charge is 2.47. The number of benzene rings is 3. The molecular weight excluding hydrogens is 456 g/mol. The first-order valence-electron chi connectivity index (χ1n) is 12.1. The summed E-state index contributed by atoms with van der Waals surface area (Å²) in [7, 11) is 4.81. The number of para-hydroxylation sites is 1. The van der Waals surface area contributed by atoms with E-state index < -0.39 is 0 Å². The molecule has 0 fully saturated rings. The molecule has 0 spiro atoms. The van der Waals surface area contributed by atoms with E-state index in [-0.39, 0.29) is 17.9 Å². The zero-order chi connectivity index (χ0) is 25.0. The molecule has 1 aromatic heterocycles. The Hall–Kier alpha value is -4.13. The summed E-state index contributed by atoms with van der Waals surface area (Å²) in [5.41, 5.74) is 5.83. The average molecular weight is 485 g/mol. The highest BCUT2D eigenvalue weighted by molar-refractivity contribution is 6.04. The van der Waals surface area contributed by atoms with E-state index in [9.17, 15) is 4.79 Å². The van der Waals surface area contributed by atoms with Crippen molar-refractivity contribution in [1.29, 1.82) is 0 Å². The summed E-state index contributed by atoms with van der Waals surface area (Å²) in [5, 5.41) is 1.16. The quantitative estimate of drug-likeness (QED) is 0.403. The van der Waals surface area contributed by atoms with Crippen molar-refractivity contribution in [3.05, 3.63) is 82.5 Å². The zero-order valence-corrected chi connectivity index (χ0v) is 20.8. The van der Waals surface area contributed by atoms with Crippen molar-refractivity contribution >= 4 is 16.8 Å². The predicted molar refractivity (Wildman–Crippen MR) is 137 cm³/mol. The highest BCUT2D eigenvalue weighted by atomic mass is 16.5. The summed E-state index contributed by atoms with van der Waals surface area (Å²) in [6.45, 7) is 3.03. The Kier molecular flexibility index (Phi) is 5.29. The van der Waals surface area contributed by atoms with Crippen LogP contribution in [-0.4, -0.2) is 50.3 Å². The first kappa shape index (κ1) is 22.3. The van der Waals surface area contributed by atoms with Gasteiger partial charge in [0.05, 0.1) is 39.5 Å². The topological polar surface area (TPSA) is 73.0 Å². The number of aromatic nitrogens is 1. The molecule has 0 radical (unpaired) electrons. The average Bonchev–Trinajstić information content (AvgIpc) is 3.43. The first-order valence-corrected chi connectivity index (χ1v) is 12.1. The maximum atomic E-state index is 13.9. The molecule has 2 aliphatic heterocycles. The summed E-state index contributed by atoms with van der Waals surface area (Å²) in [6.07, 6.45) is 0.